The first-order valence-electron chi connectivity index (χ1n) is 8.26. The van der Waals surface area contributed by atoms with Crippen molar-refractivity contribution in [3.63, 3.8) is 0 Å². The van der Waals surface area contributed by atoms with Gasteiger partial charge in [0.05, 0.1) is 5.69 Å². The smallest absolute Gasteiger partial charge is 0.148 e. The third-order valence-corrected chi connectivity index (χ3v) is 4.43. The van der Waals surface area contributed by atoms with Crippen molar-refractivity contribution in [1.29, 1.82) is 0 Å². The van der Waals surface area contributed by atoms with E-state index in [0.717, 1.165) is 30.2 Å². The maximum absolute atomic E-state index is 13.1. The lowest BCUT2D eigenvalue weighted by Crippen LogP contribution is -2.26. The molecule has 1 aliphatic rings. The van der Waals surface area contributed by atoms with Crippen molar-refractivity contribution in [2.24, 2.45) is 0 Å². The van der Waals surface area contributed by atoms with E-state index in [1.807, 2.05) is 12.1 Å². The number of hydrogen-bond acceptors (Lipinski definition) is 4. The molecule has 2 aromatic rings. The summed E-state index contributed by atoms with van der Waals surface area (Å²) in [5.41, 5.74) is 1.94. The molecule has 0 unspecified atom stereocenters. The molecule has 0 amide bonds. The summed E-state index contributed by atoms with van der Waals surface area (Å²) >= 11 is 0. The molecule has 2 heterocycles. The van der Waals surface area contributed by atoms with Crippen LogP contribution >= 0.6 is 0 Å². The van der Waals surface area contributed by atoms with Gasteiger partial charge in [0.15, 0.2) is 0 Å². The zero-order valence-corrected chi connectivity index (χ0v) is 13.5. The van der Waals surface area contributed by atoms with E-state index in [1.54, 1.807) is 12.4 Å². The molecule has 0 bridgehead atoms. The molecule has 1 fully saturated rings. The van der Waals surface area contributed by atoms with Crippen molar-refractivity contribution in [2.75, 3.05) is 31.5 Å². The number of nitrogens with one attached hydrogen (secondary N) is 1. The maximum Gasteiger partial charge on any atom is 0.148 e. The van der Waals surface area contributed by atoms with Crippen molar-refractivity contribution >= 4 is 5.82 Å². The van der Waals surface area contributed by atoms with E-state index < -0.39 is 0 Å². The Morgan fingerprint density at radius 1 is 1.13 bits per heavy atom. The number of benzene rings is 1. The molecule has 5 heteroatoms. The van der Waals surface area contributed by atoms with Crippen molar-refractivity contribution in [3.8, 4) is 0 Å². The van der Waals surface area contributed by atoms with Crippen molar-refractivity contribution < 1.29 is 4.39 Å². The van der Waals surface area contributed by atoms with Gasteiger partial charge in [-0.25, -0.2) is 9.37 Å². The number of nitrogens with zero attached hydrogens (tertiary/aromatic N) is 3. The highest BCUT2D eigenvalue weighted by atomic mass is 19.1. The van der Waals surface area contributed by atoms with Crippen LogP contribution in [0.25, 0.3) is 0 Å². The lowest BCUT2D eigenvalue weighted by molar-refractivity contribution is 0.352. The number of rotatable bonds is 6. The topological polar surface area (TPSA) is 41.1 Å². The monoisotopic (exact) mass is 314 g/mol. The molecular weight excluding hydrogens is 291 g/mol. The Bertz CT molecular complexity index is 623. The van der Waals surface area contributed by atoms with Gasteiger partial charge in [0.1, 0.15) is 11.6 Å². The van der Waals surface area contributed by atoms with Crippen LogP contribution in [0.1, 0.15) is 36.9 Å². The predicted octanol–water partition coefficient (Wildman–Crippen LogP) is 3.28. The van der Waals surface area contributed by atoms with Crippen LogP contribution in [0.4, 0.5) is 10.2 Å². The molecule has 1 aliphatic heterocycles. The fraction of sp³-hybridized carbons (Fsp3) is 0.444. The van der Waals surface area contributed by atoms with Gasteiger partial charge in [-0.15, -0.1) is 0 Å². The summed E-state index contributed by atoms with van der Waals surface area (Å²) in [4.78, 5) is 11.4. The highest BCUT2D eigenvalue weighted by molar-refractivity contribution is 5.45. The van der Waals surface area contributed by atoms with Gasteiger partial charge in [0.25, 0.3) is 0 Å². The van der Waals surface area contributed by atoms with Gasteiger partial charge in [-0.2, -0.15) is 0 Å². The molecule has 0 saturated carbocycles. The first kappa shape index (κ1) is 15.9. The second-order valence-corrected chi connectivity index (χ2v) is 6.04. The Labute approximate surface area is 136 Å². The molecule has 0 spiro atoms. The minimum absolute atomic E-state index is 0.0681. The van der Waals surface area contributed by atoms with Crippen molar-refractivity contribution in [1.82, 2.24) is 14.9 Å². The maximum atomic E-state index is 13.1. The summed E-state index contributed by atoms with van der Waals surface area (Å²) < 4.78 is 13.1. The molecule has 122 valence electrons. The van der Waals surface area contributed by atoms with E-state index in [-0.39, 0.29) is 11.7 Å². The number of anilines is 1. The molecule has 0 aliphatic carbocycles. The Kier molecular flexibility index (Phi) is 5.18. The minimum Gasteiger partial charge on any atom is -0.367 e. The van der Waals surface area contributed by atoms with Gasteiger partial charge in [-0.05, 0) is 43.6 Å². The Balaban J connectivity index is 1.67. The number of halogens is 1. The zero-order valence-electron chi connectivity index (χ0n) is 13.5. The standard InChI is InChI=1S/C18H23FN4/c1-14(15-4-6-16(19)7-5-15)17-18(21-9-8-20-17)22-10-13-23-11-2-3-12-23/h4-9,14H,2-3,10-13H2,1H3,(H,21,22)/t14-/m0/s1. The summed E-state index contributed by atoms with van der Waals surface area (Å²) in [6.07, 6.45) is 6.02. The van der Waals surface area contributed by atoms with Crippen molar-refractivity contribution in [3.05, 3.63) is 53.7 Å². The van der Waals surface area contributed by atoms with Crippen molar-refractivity contribution in [2.45, 2.75) is 25.7 Å². The van der Waals surface area contributed by atoms with Crippen LogP contribution in [-0.4, -0.2) is 41.0 Å². The van der Waals surface area contributed by atoms with E-state index in [0.29, 0.717) is 0 Å². The van der Waals surface area contributed by atoms with Gasteiger partial charge in [0, 0.05) is 31.4 Å². The summed E-state index contributed by atoms with van der Waals surface area (Å²) in [7, 11) is 0. The largest absolute Gasteiger partial charge is 0.367 e. The molecule has 4 nitrogen and oxygen atoms in total. The van der Waals surface area contributed by atoms with E-state index in [9.17, 15) is 4.39 Å². The average molecular weight is 314 g/mol. The third-order valence-electron chi connectivity index (χ3n) is 4.43. The van der Waals surface area contributed by atoms with Gasteiger partial charge < -0.3 is 10.2 Å². The Morgan fingerprint density at radius 3 is 2.57 bits per heavy atom. The summed E-state index contributed by atoms with van der Waals surface area (Å²) in [5, 5.41) is 3.41. The zero-order chi connectivity index (χ0) is 16.1. The van der Waals surface area contributed by atoms with Crippen LogP contribution in [0.3, 0.4) is 0 Å². The lowest BCUT2D eigenvalue weighted by Gasteiger charge is -2.18. The molecule has 1 saturated heterocycles. The number of likely N-dealkylation sites (tertiary alicyclic amines) is 1. The molecule has 3 rings (SSSR count). The molecule has 1 aromatic heterocycles. The highest BCUT2D eigenvalue weighted by Crippen LogP contribution is 2.26. The average Bonchev–Trinajstić information content (AvgIpc) is 3.09. The molecule has 0 radical (unpaired) electrons. The van der Waals surface area contributed by atoms with E-state index in [1.165, 1.54) is 38.1 Å². The highest BCUT2D eigenvalue weighted by Gasteiger charge is 2.16. The Morgan fingerprint density at radius 2 is 1.83 bits per heavy atom. The number of hydrogen-bond donors (Lipinski definition) is 1. The van der Waals surface area contributed by atoms with E-state index in [2.05, 4.69) is 27.1 Å². The quantitative estimate of drug-likeness (QED) is 0.888. The fourth-order valence-electron chi connectivity index (χ4n) is 3.05. The fourth-order valence-corrected chi connectivity index (χ4v) is 3.05. The number of aromatic nitrogens is 2. The van der Waals surface area contributed by atoms with Crippen LogP contribution in [-0.2, 0) is 0 Å². The Hall–Kier alpha value is -2.01. The lowest BCUT2D eigenvalue weighted by atomic mass is 9.97. The molecular formula is C18H23FN4. The first-order chi connectivity index (χ1) is 11.2. The van der Waals surface area contributed by atoms with Gasteiger partial charge in [-0.3, -0.25) is 4.98 Å². The molecule has 23 heavy (non-hydrogen) atoms. The summed E-state index contributed by atoms with van der Waals surface area (Å²) in [6, 6.07) is 6.59. The van der Waals surface area contributed by atoms with Gasteiger partial charge >= 0.3 is 0 Å². The summed E-state index contributed by atoms with van der Waals surface area (Å²) in [6.45, 7) is 6.35. The normalized spacial score (nSPS) is 16.4. The predicted molar refractivity (Wildman–Crippen MR) is 90.1 cm³/mol. The van der Waals surface area contributed by atoms with Crippen LogP contribution < -0.4 is 5.32 Å². The summed E-state index contributed by atoms with van der Waals surface area (Å²) in [5.74, 6) is 0.672. The SMILES string of the molecule is C[C@@H](c1ccc(F)cc1)c1nccnc1NCCN1CCCC1. The minimum atomic E-state index is -0.218. The van der Waals surface area contributed by atoms with Crippen LogP contribution in [0.2, 0.25) is 0 Å². The van der Waals surface area contributed by atoms with Gasteiger partial charge in [-0.1, -0.05) is 19.1 Å². The van der Waals surface area contributed by atoms with Crippen LogP contribution in [0, 0.1) is 5.82 Å². The first-order valence-corrected chi connectivity index (χ1v) is 8.26. The molecule has 1 N–H and O–H groups in total. The third kappa shape index (κ3) is 4.05. The van der Waals surface area contributed by atoms with E-state index >= 15 is 0 Å². The molecule has 1 atom stereocenters. The van der Waals surface area contributed by atoms with Crippen LogP contribution in [0.5, 0.6) is 0 Å². The second-order valence-electron chi connectivity index (χ2n) is 6.04. The van der Waals surface area contributed by atoms with Gasteiger partial charge in [0.2, 0.25) is 0 Å². The molecule has 1 aromatic carbocycles. The van der Waals surface area contributed by atoms with E-state index in [4.69, 9.17) is 0 Å². The second kappa shape index (κ2) is 7.51. The van der Waals surface area contributed by atoms with Crippen LogP contribution in [0.15, 0.2) is 36.7 Å².